The van der Waals surface area contributed by atoms with Crippen LogP contribution < -0.4 is 4.90 Å². The third-order valence-corrected chi connectivity index (χ3v) is 4.44. The van der Waals surface area contributed by atoms with Gasteiger partial charge in [-0.25, -0.2) is 0 Å². The number of rotatable bonds is 3. The highest BCUT2D eigenvalue weighted by Gasteiger charge is 2.21. The molecule has 1 heteroatoms. The maximum atomic E-state index is 2.53. The fraction of sp³-hybridized carbons (Fsp3) is 0.444. The van der Waals surface area contributed by atoms with Crippen molar-refractivity contribution in [3.63, 3.8) is 0 Å². The Bertz CT molecular complexity index is 438. The summed E-state index contributed by atoms with van der Waals surface area (Å²) in [5.41, 5.74) is 1.39. The lowest BCUT2D eigenvalue weighted by Crippen LogP contribution is -2.34. The third kappa shape index (κ3) is 3.28. The van der Waals surface area contributed by atoms with Crippen LogP contribution in [-0.4, -0.2) is 13.1 Å². The molecule has 1 saturated heterocycles. The van der Waals surface area contributed by atoms with E-state index in [4.69, 9.17) is 0 Å². The van der Waals surface area contributed by atoms with E-state index in [9.17, 15) is 0 Å². The maximum absolute atomic E-state index is 2.53. The summed E-state index contributed by atoms with van der Waals surface area (Å²) >= 11 is 0. The molecule has 1 fully saturated rings. The number of hydrogen-bond donors (Lipinski definition) is 0. The molecule has 3 rings (SSSR count). The van der Waals surface area contributed by atoms with Gasteiger partial charge < -0.3 is 4.90 Å². The van der Waals surface area contributed by atoms with Gasteiger partial charge in [0.05, 0.1) is 0 Å². The Hall–Kier alpha value is -1.50. The van der Waals surface area contributed by atoms with Gasteiger partial charge in [0.25, 0.3) is 0 Å². The van der Waals surface area contributed by atoms with Crippen molar-refractivity contribution < 1.29 is 0 Å². The minimum Gasteiger partial charge on any atom is -0.372 e. The van der Waals surface area contributed by atoms with Crippen LogP contribution in [0, 0.1) is 11.8 Å². The first-order valence-corrected chi connectivity index (χ1v) is 7.55. The van der Waals surface area contributed by atoms with Crippen molar-refractivity contribution in [2.75, 3.05) is 18.0 Å². The van der Waals surface area contributed by atoms with Gasteiger partial charge in [0.15, 0.2) is 0 Å². The fourth-order valence-electron chi connectivity index (χ4n) is 3.30. The van der Waals surface area contributed by atoms with Gasteiger partial charge in [0, 0.05) is 18.8 Å². The van der Waals surface area contributed by atoms with Crippen molar-refractivity contribution in [1.29, 1.82) is 0 Å². The molecule has 1 aliphatic heterocycles. The number of piperidine rings is 1. The minimum absolute atomic E-state index is 0.790. The summed E-state index contributed by atoms with van der Waals surface area (Å²) in [5, 5.41) is 0. The van der Waals surface area contributed by atoms with Crippen molar-refractivity contribution in [3.8, 4) is 0 Å². The van der Waals surface area contributed by atoms with E-state index in [-0.39, 0.29) is 0 Å². The molecule has 2 aliphatic rings. The van der Waals surface area contributed by atoms with E-state index in [0.29, 0.717) is 0 Å². The molecular weight excluding hydrogens is 230 g/mol. The van der Waals surface area contributed by atoms with E-state index in [1.54, 1.807) is 0 Å². The largest absolute Gasteiger partial charge is 0.372 e. The van der Waals surface area contributed by atoms with Gasteiger partial charge in [0.1, 0.15) is 0 Å². The summed E-state index contributed by atoms with van der Waals surface area (Å²) < 4.78 is 0. The Kier molecular flexibility index (Phi) is 4.02. The van der Waals surface area contributed by atoms with E-state index < -0.39 is 0 Å². The van der Waals surface area contributed by atoms with E-state index in [0.717, 1.165) is 11.8 Å². The second kappa shape index (κ2) is 6.10. The van der Waals surface area contributed by atoms with Crippen LogP contribution in [0.15, 0.2) is 54.6 Å². The van der Waals surface area contributed by atoms with Gasteiger partial charge >= 0.3 is 0 Å². The lowest BCUT2D eigenvalue weighted by Gasteiger charge is -2.34. The zero-order valence-electron chi connectivity index (χ0n) is 11.5. The first kappa shape index (κ1) is 12.5. The van der Waals surface area contributed by atoms with Crippen LogP contribution in [0.3, 0.4) is 0 Å². The van der Waals surface area contributed by atoms with Crippen molar-refractivity contribution in [1.82, 2.24) is 0 Å². The zero-order chi connectivity index (χ0) is 12.9. The van der Waals surface area contributed by atoms with Gasteiger partial charge in [0.2, 0.25) is 0 Å². The molecule has 1 aliphatic carbocycles. The Morgan fingerprint density at radius 3 is 2.47 bits per heavy atom. The first-order valence-electron chi connectivity index (χ1n) is 7.55. The third-order valence-electron chi connectivity index (χ3n) is 4.44. The molecule has 0 bridgehead atoms. The molecular formula is C18H23N. The number of anilines is 1. The number of para-hydroxylation sites is 1. The van der Waals surface area contributed by atoms with Crippen molar-refractivity contribution in [2.45, 2.75) is 25.7 Å². The van der Waals surface area contributed by atoms with Crippen LogP contribution in [-0.2, 0) is 0 Å². The lowest BCUT2D eigenvalue weighted by atomic mass is 9.84. The van der Waals surface area contributed by atoms with E-state index in [1.165, 1.54) is 44.5 Å². The number of hydrogen-bond acceptors (Lipinski definition) is 1. The van der Waals surface area contributed by atoms with Gasteiger partial charge in [-0.3, -0.25) is 0 Å². The fourth-order valence-corrected chi connectivity index (χ4v) is 3.30. The molecule has 1 aromatic rings. The number of nitrogens with zero attached hydrogens (tertiary/aromatic N) is 1. The molecule has 0 N–H and O–H groups in total. The minimum atomic E-state index is 0.790. The highest BCUT2D eigenvalue weighted by molar-refractivity contribution is 5.46. The molecule has 0 aromatic heterocycles. The monoisotopic (exact) mass is 253 g/mol. The summed E-state index contributed by atoms with van der Waals surface area (Å²) in [7, 11) is 0. The van der Waals surface area contributed by atoms with Crippen LogP contribution in [0.5, 0.6) is 0 Å². The Morgan fingerprint density at radius 1 is 1.00 bits per heavy atom. The highest BCUT2D eigenvalue weighted by Crippen LogP contribution is 2.29. The average Bonchev–Trinajstić information content (AvgIpc) is 2.50. The van der Waals surface area contributed by atoms with Crippen LogP contribution in [0.4, 0.5) is 5.69 Å². The second-order valence-corrected chi connectivity index (χ2v) is 5.81. The van der Waals surface area contributed by atoms with Crippen molar-refractivity contribution in [3.05, 3.63) is 54.6 Å². The Morgan fingerprint density at radius 2 is 1.79 bits per heavy atom. The van der Waals surface area contributed by atoms with Gasteiger partial charge in [-0.2, -0.15) is 0 Å². The van der Waals surface area contributed by atoms with Gasteiger partial charge in [-0.15, -0.1) is 0 Å². The Balaban J connectivity index is 1.49. The van der Waals surface area contributed by atoms with E-state index in [2.05, 4.69) is 59.5 Å². The average molecular weight is 253 g/mol. The summed E-state index contributed by atoms with van der Waals surface area (Å²) in [6.45, 7) is 2.45. The topological polar surface area (TPSA) is 3.24 Å². The lowest BCUT2D eigenvalue weighted by molar-refractivity contribution is 0.342. The first-order chi connectivity index (χ1) is 9.42. The molecule has 1 atom stereocenters. The summed E-state index contributed by atoms with van der Waals surface area (Å²) in [6, 6.07) is 10.8. The standard InChI is InChI=1S/C18H23N/c1-3-7-16(8-4-1)15-17-11-13-19(14-12-17)18-9-5-2-6-10-18/h1-7,9-10,16-17H,8,11-15H2. The molecule has 1 heterocycles. The molecule has 19 heavy (non-hydrogen) atoms. The van der Waals surface area contributed by atoms with E-state index >= 15 is 0 Å². The predicted molar refractivity (Wildman–Crippen MR) is 82.4 cm³/mol. The molecule has 0 radical (unpaired) electrons. The molecule has 0 spiro atoms. The van der Waals surface area contributed by atoms with E-state index in [1.807, 2.05) is 0 Å². The van der Waals surface area contributed by atoms with Crippen LogP contribution in [0.2, 0.25) is 0 Å². The molecule has 1 unspecified atom stereocenters. The molecule has 0 saturated carbocycles. The summed E-state index contributed by atoms with van der Waals surface area (Å²) in [6.07, 6.45) is 14.4. The van der Waals surface area contributed by atoms with Gasteiger partial charge in [-0.1, -0.05) is 42.5 Å². The molecule has 0 amide bonds. The van der Waals surface area contributed by atoms with Crippen LogP contribution in [0.25, 0.3) is 0 Å². The molecule has 1 nitrogen and oxygen atoms in total. The smallest absolute Gasteiger partial charge is 0.0366 e. The molecule has 100 valence electrons. The van der Waals surface area contributed by atoms with Gasteiger partial charge in [-0.05, 0) is 49.7 Å². The predicted octanol–water partition coefficient (Wildman–Crippen LogP) is 4.43. The van der Waals surface area contributed by atoms with Crippen molar-refractivity contribution in [2.24, 2.45) is 11.8 Å². The Labute approximate surface area is 116 Å². The van der Waals surface area contributed by atoms with Crippen LogP contribution >= 0.6 is 0 Å². The summed E-state index contributed by atoms with van der Waals surface area (Å²) in [5.74, 6) is 1.71. The number of allylic oxidation sites excluding steroid dienone is 4. The normalized spacial score (nSPS) is 23.8. The summed E-state index contributed by atoms with van der Waals surface area (Å²) in [4.78, 5) is 2.53. The quantitative estimate of drug-likeness (QED) is 0.770. The second-order valence-electron chi connectivity index (χ2n) is 5.81. The van der Waals surface area contributed by atoms with Crippen LogP contribution in [0.1, 0.15) is 25.7 Å². The maximum Gasteiger partial charge on any atom is 0.0366 e. The van der Waals surface area contributed by atoms with Crippen molar-refractivity contribution >= 4 is 5.69 Å². The SMILES string of the molecule is C1=CCC(CC2CCN(c3ccccc3)CC2)C=C1. The highest BCUT2D eigenvalue weighted by atomic mass is 15.1. The zero-order valence-corrected chi connectivity index (χ0v) is 11.5. The molecule has 1 aromatic carbocycles. The number of benzene rings is 1.